The van der Waals surface area contributed by atoms with Gasteiger partial charge in [-0.2, -0.15) is 0 Å². The van der Waals surface area contributed by atoms with Crippen LogP contribution in [0.2, 0.25) is 0 Å². The second kappa shape index (κ2) is 4.35. The Labute approximate surface area is 104 Å². The van der Waals surface area contributed by atoms with E-state index in [0.29, 0.717) is 0 Å². The van der Waals surface area contributed by atoms with Crippen molar-refractivity contribution in [1.82, 2.24) is 0 Å². The molecule has 0 unspecified atom stereocenters. The molecule has 0 heterocycles. The summed E-state index contributed by atoms with van der Waals surface area (Å²) in [5, 5.41) is 0. The van der Waals surface area contributed by atoms with E-state index < -0.39 is 0 Å². The summed E-state index contributed by atoms with van der Waals surface area (Å²) >= 11 is 2.39. The molecule has 0 spiro atoms. The molecule has 0 amide bonds. The number of hydrogen-bond acceptors (Lipinski definition) is 0. The van der Waals surface area contributed by atoms with Gasteiger partial charge in [-0.15, -0.1) is 0 Å². The van der Waals surface area contributed by atoms with Gasteiger partial charge in [-0.3, -0.25) is 0 Å². The first-order valence-corrected chi connectivity index (χ1v) is 6.08. The smallest absolute Gasteiger partial charge is 0.0208 e. The number of rotatable bonds is 1. The molecule has 0 bridgehead atoms. The molecular formula is C14H13I. The van der Waals surface area contributed by atoms with Gasteiger partial charge in [0.15, 0.2) is 0 Å². The van der Waals surface area contributed by atoms with E-state index >= 15 is 0 Å². The maximum atomic E-state index is 2.39. The number of aryl methyl sites for hydroxylation is 2. The lowest BCUT2D eigenvalue weighted by Gasteiger charge is -2.06. The van der Waals surface area contributed by atoms with Crippen LogP contribution in [0.15, 0.2) is 42.5 Å². The molecule has 0 aliphatic carbocycles. The highest BCUT2D eigenvalue weighted by Crippen LogP contribution is 2.26. The van der Waals surface area contributed by atoms with Crippen LogP contribution in [0.4, 0.5) is 0 Å². The van der Waals surface area contributed by atoms with E-state index in [9.17, 15) is 0 Å². The van der Waals surface area contributed by atoms with Gasteiger partial charge >= 0.3 is 0 Å². The summed E-state index contributed by atoms with van der Waals surface area (Å²) in [6.07, 6.45) is 0. The lowest BCUT2D eigenvalue weighted by molar-refractivity contribution is 1.42. The van der Waals surface area contributed by atoms with Crippen LogP contribution in [0.25, 0.3) is 11.1 Å². The quantitative estimate of drug-likeness (QED) is 0.677. The summed E-state index contributed by atoms with van der Waals surface area (Å²) in [6.45, 7) is 4.27. The zero-order valence-corrected chi connectivity index (χ0v) is 11.1. The third-order valence-electron chi connectivity index (χ3n) is 2.45. The van der Waals surface area contributed by atoms with E-state index in [1.165, 1.54) is 25.8 Å². The summed E-state index contributed by atoms with van der Waals surface area (Å²) in [6, 6.07) is 15.2. The summed E-state index contributed by atoms with van der Waals surface area (Å²) < 4.78 is 1.31. The summed E-state index contributed by atoms with van der Waals surface area (Å²) in [4.78, 5) is 0. The fraction of sp³-hybridized carbons (Fsp3) is 0.143. The molecule has 0 fully saturated rings. The largest absolute Gasteiger partial charge is 0.0614 e. The first-order valence-electron chi connectivity index (χ1n) is 5.00. The van der Waals surface area contributed by atoms with Crippen molar-refractivity contribution in [2.24, 2.45) is 0 Å². The average molecular weight is 308 g/mol. The van der Waals surface area contributed by atoms with Crippen molar-refractivity contribution >= 4 is 22.6 Å². The monoisotopic (exact) mass is 308 g/mol. The van der Waals surface area contributed by atoms with Gasteiger partial charge in [0, 0.05) is 3.57 Å². The number of halogens is 1. The molecule has 2 rings (SSSR count). The summed E-state index contributed by atoms with van der Waals surface area (Å²) in [7, 11) is 0. The minimum Gasteiger partial charge on any atom is -0.0614 e. The summed E-state index contributed by atoms with van der Waals surface area (Å²) in [5.41, 5.74) is 5.26. The molecule has 0 aromatic heterocycles. The number of hydrogen-bond donors (Lipinski definition) is 0. The number of benzene rings is 2. The Bertz CT molecular complexity index is 486. The SMILES string of the molecule is Cc1cccc(-c2cc(C)ccc2I)c1. The third-order valence-corrected chi connectivity index (χ3v) is 3.39. The van der Waals surface area contributed by atoms with Gasteiger partial charge in [-0.25, -0.2) is 0 Å². The van der Waals surface area contributed by atoms with Gasteiger partial charge in [-0.05, 0) is 53.6 Å². The Morgan fingerprint density at radius 3 is 2.33 bits per heavy atom. The van der Waals surface area contributed by atoms with Crippen LogP contribution in [0.3, 0.4) is 0 Å². The van der Waals surface area contributed by atoms with Crippen molar-refractivity contribution in [2.45, 2.75) is 13.8 Å². The zero-order chi connectivity index (χ0) is 10.8. The highest BCUT2D eigenvalue weighted by Gasteiger charge is 2.02. The van der Waals surface area contributed by atoms with E-state index in [2.05, 4.69) is 78.9 Å². The molecule has 2 aromatic rings. The van der Waals surface area contributed by atoms with Gasteiger partial charge in [0.25, 0.3) is 0 Å². The molecule has 1 heteroatoms. The second-order valence-electron chi connectivity index (χ2n) is 3.85. The van der Waals surface area contributed by atoms with Crippen molar-refractivity contribution in [2.75, 3.05) is 0 Å². The Balaban J connectivity index is 2.58. The second-order valence-corrected chi connectivity index (χ2v) is 5.01. The molecule has 0 nitrogen and oxygen atoms in total. The highest BCUT2D eigenvalue weighted by molar-refractivity contribution is 14.1. The van der Waals surface area contributed by atoms with Gasteiger partial charge in [-0.1, -0.05) is 47.5 Å². The normalized spacial score (nSPS) is 10.3. The van der Waals surface area contributed by atoms with Crippen LogP contribution in [0.5, 0.6) is 0 Å². The van der Waals surface area contributed by atoms with Crippen LogP contribution < -0.4 is 0 Å². The Kier molecular flexibility index (Phi) is 3.10. The van der Waals surface area contributed by atoms with Crippen molar-refractivity contribution in [3.63, 3.8) is 0 Å². The predicted octanol–water partition coefficient (Wildman–Crippen LogP) is 4.58. The van der Waals surface area contributed by atoms with Crippen LogP contribution in [-0.4, -0.2) is 0 Å². The highest BCUT2D eigenvalue weighted by atomic mass is 127. The predicted molar refractivity (Wildman–Crippen MR) is 74.1 cm³/mol. The van der Waals surface area contributed by atoms with Crippen molar-refractivity contribution < 1.29 is 0 Å². The van der Waals surface area contributed by atoms with E-state index in [1.807, 2.05) is 0 Å². The average Bonchev–Trinajstić information content (AvgIpc) is 2.22. The molecule has 0 saturated carbocycles. The van der Waals surface area contributed by atoms with E-state index in [4.69, 9.17) is 0 Å². The Morgan fingerprint density at radius 2 is 1.60 bits per heavy atom. The van der Waals surface area contributed by atoms with Crippen LogP contribution >= 0.6 is 22.6 Å². The topological polar surface area (TPSA) is 0 Å². The van der Waals surface area contributed by atoms with E-state index in [1.54, 1.807) is 0 Å². The third kappa shape index (κ3) is 2.40. The molecular weight excluding hydrogens is 295 g/mol. The standard InChI is InChI=1S/C14H13I/c1-10-4-3-5-12(8-10)13-9-11(2)6-7-14(13)15/h3-9H,1-2H3. The first-order chi connectivity index (χ1) is 7.16. The molecule has 0 radical (unpaired) electrons. The molecule has 0 aliphatic rings. The van der Waals surface area contributed by atoms with E-state index in [0.717, 1.165) is 0 Å². The van der Waals surface area contributed by atoms with Crippen LogP contribution in [0, 0.1) is 17.4 Å². The Hall–Kier alpha value is -0.830. The summed E-state index contributed by atoms with van der Waals surface area (Å²) in [5.74, 6) is 0. The Morgan fingerprint density at radius 1 is 0.867 bits per heavy atom. The molecule has 76 valence electrons. The molecule has 0 atom stereocenters. The minimum absolute atomic E-state index is 1.31. The first kappa shape index (κ1) is 10.7. The van der Waals surface area contributed by atoms with Crippen molar-refractivity contribution in [3.8, 4) is 11.1 Å². The maximum Gasteiger partial charge on any atom is 0.0208 e. The van der Waals surface area contributed by atoms with Crippen LogP contribution in [0.1, 0.15) is 11.1 Å². The molecule has 2 aromatic carbocycles. The van der Waals surface area contributed by atoms with E-state index in [-0.39, 0.29) is 0 Å². The van der Waals surface area contributed by atoms with Gasteiger partial charge in [0.1, 0.15) is 0 Å². The fourth-order valence-electron chi connectivity index (χ4n) is 1.67. The molecule has 0 saturated heterocycles. The van der Waals surface area contributed by atoms with Gasteiger partial charge in [0.05, 0.1) is 0 Å². The molecule has 0 aliphatic heterocycles. The maximum absolute atomic E-state index is 2.39. The lowest BCUT2D eigenvalue weighted by atomic mass is 10.0. The van der Waals surface area contributed by atoms with Gasteiger partial charge in [0.2, 0.25) is 0 Å². The fourth-order valence-corrected chi connectivity index (χ4v) is 2.32. The zero-order valence-electron chi connectivity index (χ0n) is 8.92. The minimum atomic E-state index is 1.31. The van der Waals surface area contributed by atoms with Crippen LogP contribution in [-0.2, 0) is 0 Å². The van der Waals surface area contributed by atoms with Crippen molar-refractivity contribution in [1.29, 1.82) is 0 Å². The van der Waals surface area contributed by atoms with Crippen molar-refractivity contribution in [3.05, 3.63) is 57.2 Å². The molecule has 15 heavy (non-hydrogen) atoms. The molecule has 0 N–H and O–H groups in total. The van der Waals surface area contributed by atoms with Gasteiger partial charge < -0.3 is 0 Å². The lowest BCUT2D eigenvalue weighted by Crippen LogP contribution is -1.85.